The van der Waals surface area contributed by atoms with Crippen LogP contribution in [0.5, 0.6) is 0 Å². The Morgan fingerprint density at radius 3 is 2.50 bits per heavy atom. The van der Waals surface area contributed by atoms with Gasteiger partial charge in [-0.25, -0.2) is 0 Å². The lowest BCUT2D eigenvalue weighted by Gasteiger charge is -2.02. The van der Waals surface area contributed by atoms with Gasteiger partial charge in [-0.1, -0.05) is 18.5 Å². The average Bonchev–Trinajstić information content (AvgIpc) is 1.84. The third-order valence-corrected chi connectivity index (χ3v) is 3.14. The van der Waals surface area contributed by atoms with Crippen molar-refractivity contribution in [2.75, 3.05) is 0 Å². The number of oxime groups is 1. The van der Waals surface area contributed by atoms with Crippen LogP contribution in [0, 0.1) is 0 Å². The van der Waals surface area contributed by atoms with Crippen LogP contribution < -0.4 is 0 Å². The summed E-state index contributed by atoms with van der Waals surface area (Å²) >= 11 is 0. The minimum atomic E-state index is 0.556. The molecule has 8 heavy (non-hydrogen) atoms. The van der Waals surface area contributed by atoms with Crippen LogP contribution in [0.3, 0.4) is 0 Å². The van der Waals surface area contributed by atoms with E-state index in [0.717, 1.165) is 22.4 Å². The van der Waals surface area contributed by atoms with Gasteiger partial charge < -0.3 is 5.21 Å². The van der Waals surface area contributed by atoms with Crippen molar-refractivity contribution >= 4 is 16.0 Å². The van der Waals surface area contributed by atoms with E-state index >= 15 is 0 Å². The smallest absolute Gasteiger partial charge is 0.0534 e. The van der Waals surface area contributed by atoms with Crippen LogP contribution >= 0.6 is 0 Å². The molecule has 0 radical (unpaired) electrons. The van der Waals surface area contributed by atoms with Gasteiger partial charge in [-0.05, 0) is 12.5 Å². The molecular formula is C5H13NOSi. The van der Waals surface area contributed by atoms with Crippen LogP contribution in [0.4, 0.5) is 0 Å². The van der Waals surface area contributed by atoms with Gasteiger partial charge in [-0.3, -0.25) is 0 Å². The van der Waals surface area contributed by atoms with Crippen LogP contribution in [-0.4, -0.2) is 21.2 Å². The molecule has 1 unspecified atom stereocenters. The van der Waals surface area contributed by atoms with E-state index in [1.165, 1.54) is 0 Å². The van der Waals surface area contributed by atoms with Crippen LogP contribution in [0.1, 0.15) is 20.3 Å². The monoisotopic (exact) mass is 131 g/mol. The molecule has 0 heterocycles. The zero-order chi connectivity index (χ0) is 6.57. The van der Waals surface area contributed by atoms with E-state index < -0.39 is 0 Å². The van der Waals surface area contributed by atoms with E-state index in [4.69, 9.17) is 5.21 Å². The number of nitrogens with zero attached hydrogens (tertiary/aromatic N) is 1. The fraction of sp³-hybridized carbons (Fsp3) is 0.800. The highest BCUT2D eigenvalue weighted by molar-refractivity contribution is 6.24. The molecule has 0 aromatic heterocycles. The first-order chi connectivity index (χ1) is 3.72. The molecular weight excluding hydrogens is 118 g/mol. The molecule has 0 aromatic rings. The molecule has 0 spiro atoms. The summed E-state index contributed by atoms with van der Waals surface area (Å²) in [5.41, 5.74) is 1.43. The average molecular weight is 131 g/mol. The molecule has 0 bridgehead atoms. The summed E-state index contributed by atoms with van der Waals surface area (Å²) in [7, 11) is 1.09. The van der Waals surface area contributed by atoms with Crippen molar-refractivity contribution in [1.29, 1.82) is 0 Å². The van der Waals surface area contributed by atoms with Crippen molar-refractivity contribution in [3.63, 3.8) is 0 Å². The second-order valence-corrected chi connectivity index (χ2v) is 3.44. The Kier molecular flexibility index (Phi) is 3.52. The summed E-state index contributed by atoms with van der Waals surface area (Å²) in [5.74, 6) is 0. The minimum Gasteiger partial charge on any atom is -0.411 e. The second kappa shape index (κ2) is 3.66. The lowest BCUT2D eigenvalue weighted by Crippen LogP contribution is -2.02. The van der Waals surface area contributed by atoms with Crippen molar-refractivity contribution in [3.05, 3.63) is 0 Å². The normalized spacial score (nSPS) is 16.5. The van der Waals surface area contributed by atoms with Gasteiger partial charge in [-0.15, -0.1) is 0 Å². The van der Waals surface area contributed by atoms with E-state index in [9.17, 15) is 0 Å². The van der Waals surface area contributed by atoms with Gasteiger partial charge >= 0.3 is 0 Å². The van der Waals surface area contributed by atoms with Gasteiger partial charge in [0.1, 0.15) is 0 Å². The van der Waals surface area contributed by atoms with E-state index in [2.05, 4.69) is 12.1 Å². The van der Waals surface area contributed by atoms with Crippen molar-refractivity contribution in [2.24, 2.45) is 5.16 Å². The summed E-state index contributed by atoms with van der Waals surface area (Å²) in [5, 5.41) is 11.4. The second-order valence-electron chi connectivity index (χ2n) is 2.05. The molecule has 0 saturated carbocycles. The quantitative estimate of drug-likeness (QED) is 0.250. The van der Waals surface area contributed by atoms with Gasteiger partial charge in [0, 0.05) is 10.2 Å². The largest absolute Gasteiger partial charge is 0.411 e. The highest BCUT2D eigenvalue weighted by Gasteiger charge is 2.00. The molecule has 3 heteroatoms. The van der Waals surface area contributed by atoms with Crippen LogP contribution in [0.15, 0.2) is 5.16 Å². The Morgan fingerprint density at radius 1 is 1.88 bits per heavy atom. The van der Waals surface area contributed by atoms with E-state index in [1.54, 1.807) is 0 Å². The van der Waals surface area contributed by atoms with Crippen molar-refractivity contribution in [2.45, 2.75) is 25.8 Å². The highest BCUT2D eigenvalue weighted by Crippen LogP contribution is 2.05. The van der Waals surface area contributed by atoms with Gasteiger partial charge in [0.15, 0.2) is 0 Å². The first-order valence-corrected chi connectivity index (χ1v) is 4.06. The molecule has 2 nitrogen and oxygen atoms in total. The maximum absolute atomic E-state index is 8.25. The molecule has 0 aliphatic heterocycles. The molecule has 0 rings (SSSR count). The summed E-state index contributed by atoms with van der Waals surface area (Å²) in [6.45, 7) is 3.97. The van der Waals surface area contributed by atoms with Crippen LogP contribution in [-0.2, 0) is 0 Å². The lowest BCUT2D eigenvalue weighted by atomic mass is 10.2. The molecule has 0 fully saturated rings. The van der Waals surface area contributed by atoms with Gasteiger partial charge in [-0.2, -0.15) is 0 Å². The number of rotatable bonds is 2. The summed E-state index contributed by atoms with van der Waals surface area (Å²) < 4.78 is 0. The molecule has 1 atom stereocenters. The predicted octanol–water partition coefficient (Wildman–Crippen LogP) is 0.400. The van der Waals surface area contributed by atoms with Crippen molar-refractivity contribution in [3.8, 4) is 0 Å². The Labute approximate surface area is 53.0 Å². The fourth-order valence-electron chi connectivity index (χ4n) is 0.394. The SMILES string of the molecule is CCC([SiH3])C(C)=NO. The molecule has 1 N–H and O–H groups in total. The summed E-state index contributed by atoms with van der Waals surface area (Å²) in [6, 6.07) is 0. The summed E-state index contributed by atoms with van der Waals surface area (Å²) in [6.07, 6.45) is 1.10. The standard InChI is InChI=1S/C5H13NOSi/c1-3-5(8)4(2)6-7/h5,7H,3H2,1-2,8H3. The topological polar surface area (TPSA) is 32.6 Å². The molecule has 0 aromatic carbocycles. The third kappa shape index (κ3) is 2.11. The van der Waals surface area contributed by atoms with Gasteiger partial charge in [0.25, 0.3) is 0 Å². The van der Waals surface area contributed by atoms with Crippen LogP contribution in [0.2, 0.25) is 5.54 Å². The van der Waals surface area contributed by atoms with Crippen LogP contribution in [0.25, 0.3) is 0 Å². The Hall–Kier alpha value is -0.313. The lowest BCUT2D eigenvalue weighted by molar-refractivity contribution is 0.317. The Balaban J connectivity index is 3.63. The molecule has 48 valence electrons. The van der Waals surface area contributed by atoms with E-state index in [1.807, 2.05) is 6.92 Å². The minimum absolute atomic E-state index is 0.556. The maximum atomic E-state index is 8.25. The summed E-state index contributed by atoms with van der Waals surface area (Å²) in [4.78, 5) is 0. The molecule has 0 amide bonds. The number of hydrogen-bond acceptors (Lipinski definition) is 2. The molecule has 0 saturated heterocycles. The van der Waals surface area contributed by atoms with E-state index in [-0.39, 0.29) is 0 Å². The Bertz CT molecular complexity index is 92.4. The van der Waals surface area contributed by atoms with Gasteiger partial charge in [0.05, 0.1) is 5.71 Å². The predicted molar refractivity (Wildman–Crippen MR) is 38.9 cm³/mol. The third-order valence-electron chi connectivity index (χ3n) is 1.48. The first-order valence-electron chi connectivity index (χ1n) is 2.90. The van der Waals surface area contributed by atoms with Crippen molar-refractivity contribution in [1.82, 2.24) is 0 Å². The highest BCUT2D eigenvalue weighted by atomic mass is 28.1. The first kappa shape index (κ1) is 7.69. The molecule has 0 aliphatic carbocycles. The van der Waals surface area contributed by atoms with Crippen molar-refractivity contribution < 1.29 is 5.21 Å². The fourth-order valence-corrected chi connectivity index (χ4v) is 0.509. The molecule has 0 aliphatic rings. The maximum Gasteiger partial charge on any atom is 0.0534 e. The zero-order valence-corrected chi connectivity index (χ0v) is 7.68. The van der Waals surface area contributed by atoms with E-state index in [0.29, 0.717) is 5.54 Å². The Morgan fingerprint density at radius 2 is 2.38 bits per heavy atom. The van der Waals surface area contributed by atoms with Gasteiger partial charge in [0.2, 0.25) is 0 Å². The zero-order valence-electron chi connectivity index (χ0n) is 5.68. The number of hydrogen-bond donors (Lipinski definition) is 1.